The minimum atomic E-state index is -0.654. The predicted molar refractivity (Wildman–Crippen MR) is 111 cm³/mol. The van der Waals surface area contributed by atoms with Gasteiger partial charge in [0.2, 0.25) is 5.88 Å². The minimum Gasteiger partial charge on any atom is -0.440 e. The molecule has 0 amide bonds. The Labute approximate surface area is 174 Å². The standard InChI is InChI=1S/C24H21F2N3O/c1-2-29-13-16(11-15-7-3-5-9-20(15)25)23-19(14-29)22(18(12-27)24(28)30-23)17-8-4-6-10-21(17)26/h3-11,22H,2,13-14,28H2,1H3/b16-11+/t22-/m1/s1. The lowest BCUT2D eigenvalue weighted by Crippen LogP contribution is -2.38. The number of nitrogens with two attached hydrogens (primary N) is 1. The predicted octanol–water partition coefficient (Wildman–Crippen LogP) is 4.45. The Balaban J connectivity index is 1.92. The van der Waals surface area contributed by atoms with Crippen LogP contribution in [-0.2, 0) is 4.74 Å². The van der Waals surface area contributed by atoms with Crippen molar-refractivity contribution in [1.29, 1.82) is 5.26 Å². The Bertz CT molecular complexity index is 1130. The van der Waals surface area contributed by atoms with E-state index in [9.17, 15) is 14.0 Å². The number of rotatable bonds is 3. The van der Waals surface area contributed by atoms with Crippen molar-refractivity contribution < 1.29 is 13.5 Å². The fourth-order valence-corrected chi connectivity index (χ4v) is 4.01. The zero-order chi connectivity index (χ0) is 21.3. The van der Waals surface area contributed by atoms with Crippen LogP contribution in [0.3, 0.4) is 0 Å². The summed E-state index contributed by atoms with van der Waals surface area (Å²) in [6, 6.07) is 14.9. The van der Waals surface area contributed by atoms with Crippen LogP contribution in [0.25, 0.3) is 6.08 Å². The SMILES string of the molecule is CCN1CC2=C(OC(N)=C(C#N)[C@H]2c2ccccc2F)/C(=C/c2ccccc2F)C1. The van der Waals surface area contributed by atoms with Gasteiger partial charge in [0.25, 0.3) is 0 Å². The molecule has 6 heteroatoms. The first-order valence-electron chi connectivity index (χ1n) is 9.76. The number of allylic oxidation sites excluding steroid dienone is 1. The van der Waals surface area contributed by atoms with Gasteiger partial charge in [0.1, 0.15) is 29.0 Å². The van der Waals surface area contributed by atoms with Crippen molar-refractivity contribution in [2.45, 2.75) is 12.8 Å². The van der Waals surface area contributed by atoms with Gasteiger partial charge in [-0.15, -0.1) is 0 Å². The zero-order valence-electron chi connectivity index (χ0n) is 16.5. The molecule has 2 aromatic carbocycles. The van der Waals surface area contributed by atoms with E-state index in [0.29, 0.717) is 30.0 Å². The smallest absolute Gasteiger partial charge is 0.205 e. The molecule has 4 nitrogen and oxygen atoms in total. The van der Waals surface area contributed by atoms with Gasteiger partial charge in [0.05, 0.1) is 5.92 Å². The molecule has 0 radical (unpaired) electrons. The molecule has 0 aliphatic carbocycles. The molecule has 0 saturated heterocycles. The molecule has 2 N–H and O–H groups in total. The van der Waals surface area contributed by atoms with Crippen LogP contribution in [0.2, 0.25) is 0 Å². The molecule has 0 fully saturated rings. The number of hydrogen-bond acceptors (Lipinski definition) is 4. The van der Waals surface area contributed by atoms with Gasteiger partial charge in [0.15, 0.2) is 0 Å². The van der Waals surface area contributed by atoms with Crippen LogP contribution in [0.15, 0.2) is 76.9 Å². The molecular formula is C24H21F2N3O. The largest absolute Gasteiger partial charge is 0.440 e. The van der Waals surface area contributed by atoms with Crippen LogP contribution in [-0.4, -0.2) is 24.5 Å². The van der Waals surface area contributed by atoms with Crippen LogP contribution in [0.4, 0.5) is 8.78 Å². The molecule has 0 unspecified atom stereocenters. The van der Waals surface area contributed by atoms with Crippen molar-refractivity contribution >= 4 is 6.08 Å². The summed E-state index contributed by atoms with van der Waals surface area (Å²) in [5.41, 5.74) is 8.56. The third-order valence-electron chi connectivity index (χ3n) is 5.50. The molecule has 0 spiro atoms. The Morgan fingerprint density at radius 3 is 2.50 bits per heavy atom. The zero-order valence-corrected chi connectivity index (χ0v) is 16.5. The van der Waals surface area contributed by atoms with Crippen molar-refractivity contribution in [2.75, 3.05) is 19.6 Å². The van der Waals surface area contributed by atoms with Crippen LogP contribution in [0, 0.1) is 23.0 Å². The van der Waals surface area contributed by atoms with E-state index in [-0.39, 0.29) is 17.3 Å². The van der Waals surface area contributed by atoms with E-state index in [1.54, 1.807) is 42.5 Å². The average molecular weight is 405 g/mol. The number of nitriles is 1. The Morgan fingerprint density at radius 2 is 1.83 bits per heavy atom. The quantitative estimate of drug-likeness (QED) is 0.820. The minimum absolute atomic E-state index is 0.0473. The molecule has 0 bridgehead atoms. The van der Waals surface area contributed by atoms with Crippen LogP contribution < -0.4 is 5.73 Å². The molecule has 1 atom stereocenters. The maximum atomic E-state index is 14.7. The summed E-state index contributed by atoms with van der Waals surface area (Å²) >= 11 is 0. The molecule has 152 valence electrons. The van der Waals surface area contributed by atoms with Gasteiger partial charge in [-0.2, -0.15) is 5.26 Å². The summed E-state index contributed by atoms with van der Waals surface area (Å²) in [6.45, 7) is 3.78. The van der Waals surface area contributed by atoms with E-state index in [0.717, 1.165) is 17.7 Å². The first-order valence-corrected chi connectivity index (χ1v) is 9.76. The number of nitrogens with zero attached hydrogens (tertiary/aromatic N) is 2. The molecule has 2 heterocycles. The maximum Gasteiger partial charge on any atom is 0.205 e. The van der Waals surface area contributed by atoms with E-state index in [2.05, 4.69) is 11.0 Å². The Hall–Kier alpha value is -3.43. The number of benzene rings is 2. The maximum absolute atomic E-state index is 14.7. The monoisotopic (exact) mass is 405 g/mol. The van der Waals surface area contributed by atoms with E-state index in [1.165, 1.54) is 12.1 Å². The highest BCUT2D eigenvalue weighted by Crippen LogP contribution is 2.44. The summed E-state index contributed by atoms with van der Waals surface area (Å²) < 4.78 is 34.9. The second kappa shape index (κ2) is 8.13. The summed E-state index contributed by atoms with van der Waals surface area (Å²) in [5, 5.41) is 9.74. The third kappa shape index (κ3) is 3.49. The lowest BCUT2D eigenvalue weighted by Gasteiger charge is -2.38. The fourth-order valence-electron chi connectivity index (χ4n) is 4.01. The first kappa shape index (κ1) is 19.9. The van der Waals surface area contributed by atoms with Crippen molar-refractivity contribution in [1.82, 2.24) is 4.90 Å². The molecular weight excluding hydrogens is 384 g/mol. The van der Waals surface area contributed by atoms with Gasteiger partial charge in [-0.1, -0.05) is 43.3 Å². The van der Waals surface area contributed by atoms with Gasteiger partial charge in [-0.05, 0) is 30.3 Å². The Kier molecular flexibility index (Phi) is 5.39. The van der Waals surface area contributed by atoms with E-state index < -0.39 is 11.7 Å². The highest BCUT2D eigenvalue weighted by atomic mass is 19.1. The lowest BCUT2D eigenvalue weighted by molar-refractivity contribution is 0.238. The second-order valence-electron chi connectivity index (χ2n) is 7.30. The van der Waals surface area contributed by atoms with Crippen LogP contribution in [0.5, 0.6) is 0 Å². The highest BCUT2D eigenvalue weighted by molar-refractivity contribution is 5.63. The van der Waals surface area contributed by atoms with Crippen LogP contribution in [0.1, 0.15) is 24.0 Å². The number of halogens is 2. The Morgan fingerprint density at radius 1 is 1.13 bits per heavy atom. The molecule has 2 aliphatic heterocycles. The van der Waals surface area contributed by atoms with Gasteiger partial charge < -0.3 is 10.5 Å². The molecule has 2 aliphatic rings. The van der Waals surface area contributed by atoms with Crippen molar-refractivity contribution in [3.63, 3.8) is 0 Å². The van der Waals surface area contributed by atoms with Gasteiger partial charge in [0, 0.05) is 29.8 Å². The fraction of sp³-hybridized carbons (Fsp3) is 0.208. The molecule has 4 rings (SSSR count). The second-order valence-corrected chi connectivity index (χ2v) is 7.30. The van der Waals surface area contributed by atoms with Gasteiger partial charge in [-0.25, -0.2) is 8.78 Å². The summed E-state index contributed by atoms with van der Waals surface area (Å²) in [5.74, 6) is -0.964. The first-order chi connectivity index (χ1) is 14.5. The van der Waals surface area contributed by atoms with Crippen LogP contribution >= 0.6 is 0 Å². The number of hydrogen-bond donors (Lipinski definition) is 1. The van der Waals surface area contributed by atoms with E-state index in [4.69, 9.17) is 10.5 Å². The van der Waals surface area contributed by atoms with Gasteiger partial charge in [-0.3, -0.25) is 4.90 Å². The van der Waals surface area contributed by atoms with Crippen molar-refractivity contribution in [3.8, 4) is 6.07 Å². The van der Waals surface area contributed by atoms with Crippen molar-refractivity contribution in [3.05, 3.63) is 99.7 Å². The van der Waals surface area contributed by atoms with Gasteiger partial charge >= 0.3 is 0 Å². The van der Waals surface area contributed by atoms with E-state index >= 15 is 0 Å². The summed E-state index contributed by atoms with van der Waals surface area (Å²) in [6.07, 6.45) is 1.73. The number of likely N-dealkylation sites (N-methyl/N-ethyl adjacent to an activating group) is 1. The molecule has 0 aromatic heterocycles. The average Bonchev–Trinajstić information content (AvgIpc) is 2.75. The normalized spacial score (nSPS) is 20.7. The molecule has 30 heavy (non-hydrogen) atoms. The molecule has 2 aromatic rings. The topological polar surface area (TPSA) is 62.3 Å². The number of ether oxygens (including phenoxy) is 1. The molecule has 0 saturated carbocycles. The summed E-state index contributed by atoms with van der Waals surface area (Å²) in [7, 11) is 0. The van der Waals surface area contributed by atoms with E-state index in [1.807, 2.05) is 6.92 Å². The van der Waals surface area contributed by atoms with Crippen molar-refractivity contribution in [2.24, 2.45) is 5.73 Å². The highest BCUT2D eigenvalue weighted by Gasteiger charge is 2.38. The summed E-state index contributed by atoms with van der Waals surface area (Å²) in [4.78, 5) is 2.14. The third-order valence-corrected chi connectivity index (χ3v) is 5.50. The lowest BCUT2D eigenvalue weighted by atomic mass is 9.80.